The Labute approximate surface area is 123 Å². The maximum atomic E-state index is 12.5. The predicted octanol–water partition coefficient (Wildman–Crippen LogP) is 1.78. The molecule has 1 aromatic rings. The molecule has 1 amide bonds. The summed E-state index contributed by atoms with van der Waals surface area (Å²) in [4.78, 5) is 28.1. The van der Waals surface area contributed by atoms with Crippen molar-refractivity contribution in [3.63, 3.8) is 0 Å². The highest BCUT2D eigenvalue weighted by Gasteiger charge is 2.51. The van der Waals surface area contributed by atoms with Crippen molar-refractivity contribution < 1.29 is 14.7 Å². The maximum Gasteiger partial charge on any atom is 0.307 e. The molecule has 5 nitrogen and oxygen atoms in total. The van der Waals surface area contributed by atoms with Crippen molar-refractivity contribution in [2.45, 2.75) is 19.4 Å². The largest absolute Gasteiger partial charge is 0.481 e. The topological polar surface area (TPSA) is 79.3 Å². The number of carboxylic acids is 1. The van der Waals surface area contributed by atoms with Gasteiger partial charge in [0.05, 0.1) is 23.6 Å². The third kappa shape index (κ3) is 2.44. The molecule has 110 valence electrons. The Bertz CT molecular complexity index is 584. The summed E-state index contributed by atoms with van der Waals surface area (Å²) in [6.45, 7) is 1.86. The average Bonchev–Trinajstić information content (AvgIpc) is 3.08. The minimum absolute atomic E-state index is 0.00611. The van der Waals surface area contributed by atoms with Crippen molar-refractivity contribution in [2.24, 2.45) is 23.7 Å². The zero-order valence-electron chi connectivity index (χ0n) is 11.8. The van der Waals surface area contributed by atoms with Gasteiger partial charge in [-0.15, -0.1) is 0 Å². The van der Waals surface area contributed by atoms with Crippen molar-refractivity contribution in [1.29, 1.82) is 0 Å². The van der Waals surface area contributed by atoms with Gasteiger partial charge in [-0.25, -0.2) is 0 Å². The summed E-state index contributed by atoms with van der Waals surface area (Å²) in [5, 5.41) is 12.3. The van der Waals surface area contributed by atoms with Gasteiger partial charge in [0.25, 0.3) is 0 Å². The number of carboxylic acid groups (broad SMARTS) is 1. The lowest BCUT2D eigenvalue weighted by molar-refractivity contribution is -0.148. The van der Waals surface area contributed by atoms with Crippen LogP contribution in [-0.4, -0.2) is 22.0 Å². The molecular weight excluding hydrogens is 268 g/mol. The second-order valence-corrected chi connectivity index (χ2v) is 5.82. The molecule has 5 heteroatoms. The number of nitrogens with zero attached hydrogens (tertiary/aromatic N) is 1. The molecule has 1 fully saturated rings. The second-order valence-electron chi connectivity index (χ2n) is 5.82. The maximum absolute atomic E-state index is 12.5. The third-order valence-corrected chi connectivity index (χ3v) is 4.54. The van der Waals surface area contributed by atoms with Gasteiger partial charge < -0.3 is 10.4 Å². The molecule has 2 N–H and O–H groups in total. The first-order valence-electron chi connectivity index (χ1n) is 7.20. The lowest BCUT2D eigenvalue weighted by Gasteiger charge is -2.25. The number of rotatable bonds is 4. The summed E-state index contributed by atoms with van der Waals surface area (Å²) in [6.07, 6.45) is 6.38. The van der Waals surface area contributed by atoms with E-state index in [9.17, 15) is 14.7 Å². The summed E-state index contributed by atoms with van der Waals surface area (Å²) < 4.78 is 0. The van der Waals surface area contributed by atoms with Crippen LogP contribution in [0.15, 0.2) is 36.5 Å². The smallest absolute Gasteiger partial charge is 0.307 e. The average molecular weight is 286 g/mol. The van der Waals surface area contributed by atoms with Gasteiger partial charge >= 0.3 is 5.97 Å². The van der Waals surface area contributed by atoms with Crippen LogP contribution in [0.2, 0.25) is 0 Å². The van der Waals surface area contributed by atoms with Crippen molar-refractivity contribution in [2.75, 3.05) is 0 Å². The van der Waals surface area contributed by atoms with Crippen LogP contribution < -0.4 is 5.32 Å². The zero-order valence-corrected chi connectivity index (χ0v) is 11.8. The minimum atomic E-state index is -0.877. The van der Waals surface area contributed by atoms with Gasteiger partial charge in [0.2, 0.25) is 5.91 Å². The van der Waals surface area contributed by atoms with Crippen LogP contribution in [0.3, 0.4) is 0 Å². The van der Waals surface area contributed by atoms with E-state index in [-0.39, 0.29) is 23.8 Å². The second kappa shape index (κ2) is 5.31. The first-order valence-corrected chi connectivity index (χ1v) is 7.20. The Balaban J connectivity index is 1.73. The van der Waals surface area contributed by atoms with Gasteiger partial charge in [0, 0.05) is 6.20 Å². The summed E-state index contributed by atoms with van der Waals surface area (Å²) >= 11 is 0. The van der Waals surface area contributed by atoms with Crippen LogP contribution in [0.1, 0.15) is 25.1 Å². The highest BCUT2D eigenvalue weighted by Crippen LogP contribution is 2.48. The van der Waals surface area contributed by atoms with E-state index in [4.69, 9.17) is 0 Å². The fourth-order valence-corrected chi connectivity index (χ4v) is 3.53. The summed E-state index contributed by atoms with van der Waals surface area (Å²) in [7, 11) is 0. The van der Waals surface area contributed by atoms with Gasteiger partial charge in [0.1, 0.15) is 0 Å². The van der Waals surface area contributed by atoms with E-state index >= 15 is 0 Å². The van der Waals surface area contributed by atoms with Gasteiger partial charge in [-0.3, -0.25) is 14.6 Å². The standard InChI is InChI=1S/C16H18N2O3/c1-9(12-4-2-3-7-17-12)18-15(19)13-10-5-6-11(8-10)14(13)16(20)21/h2-7,9-11,13-14H,8H2,1H3,(H,18,19)(H,20,21)/t9-,10?,11?,13-,14+/m0/s1. The lowest BCUT2D eigenvalue weighted by atomic mass is 9.82. The number of hydrogen-bond acceptors (Lipinski definition) is 3. The van der Waals surface area contributed by atoms with Crippen molar-refractivity contribution in [3.05, 3.63) is 42.2 Å². The Hall–Kier alpha value is -2.17. The SMILES string of the molecule is C[C@H](NC(=O)[C@H]1C2C=CC(C2)[C@H]1C(=O)O)c1ccccn1. The molecule has 3 rings (SSSR count). The Morgan fingerprint density at radius 3 is 2.62 bits per heavy atom. The molecule has 1 aromatic heterocycles. The van der Waals surface area contributed by atoms with Gasteiger partial charge in [0.15, 0.2) is 0 Å². The van der Waals surface area contributed by atoms with E-state index < -0.39 is 17.8 Å². The first kappa shape index (κ1) is 13.8. The molecule has 2 aliphatic carbocycles. The van der Waals surface area contributed by atoms with Crippen LogP contribution in [0, 0.1) is 23.7 Å². The van der Waals surface area contributed by atoms with Crippen LogP contribution in [-0.2, 0) is 9.59 Å². The zero-order chi connectivity index (χ0) is 15.0. The van der Waals surface area contributed by atoms with Gasteiger partial charge in [-0.1, -0.05) is 18.2 Å². The number of carbonyl (C=O) groups excluding carboxylic acids is 1. The Morgan fingerprint density at radius 2 is 2.00 bits per heavy atom. The number of aliphatic carboxylic acids is 1. The number of nitrogens with one attached hydrogen (secondary N) is 1. The molecule has 21 heavy (non-hydrogen) atoms. The van der Waals surface area contributed by atoms with E-state index in [2.05, 4.69) is 10.3 Å². The fraction of sp³-hybridized carbons (Fsp3) is 0.438. The number of carbonyl (C=O) groups is 2. The summed E-state index contributed by atoms with van der Waals surface area (Å²) in [6, 6.07) is 5.31. The molecule has 0 spiro atoms. The number of fused-ring (bicyclic) bond motifs is 2. The molecule has 0 aliphatic heterocycles. The highest BCUT2D eigenvalue weighted by atomic mass is 16.4. The fourth-order valence-electron chi connectivity index (χ4n) is 3.53. The summed E-state index contributed by atoms with van der Waals surface area (Å²) in [5.41, 5.74) is 0.774. The van der Waals surface area contributed by atoms with Gasteiger partial charge in [-0.05, 0) is 37.3 Å². The van der Waals surface area contributed by atoms with E-state index in [1.54, 1.807) is 6.20 Å². The predicted molar refractivity (Wildman–Crippen MR) is 76.1 cm³/mol. The van der Waals surface area contributed by atoms with Crippen molar-refractivity contribution >= 4 is 11.9 Å². The van der Waals surface area contributed by atoms with Gasteiger partial charge in [-0.2, -0.15) is 0 Å². The quantitative estimate of drug-likeness (QED) is 0.827. The molecule has 5 atom stereocenters. The normalized spacial score (nSPS) is 31.1. The Kier molecular flexibility index (Phi) is 3.49. The lowest BCUT2D eigenvalue weighted by Crippen LogP contribution is -2.41. The third-order valence-electron chi connectivity index (χ3n) is 4.54. The molecule has 0 radical (unpaired) electrons. The Morgan fingerprint density at radius 1 is 1.29 bits per heavy atom. The molecule has 2 unspecified atom stereocenters. The molecule has 1 heterocycles. The van der Waals surface area contributed by atoms with Crippen molar-refractivity contribution in [3.8, 4) is 0 Å². The number of amides is 1. The van der Waals surface area contributed by atoms with E-state index in [1.165, 1.54) is 0 Å². The number of allylic oxidation sites excluding steroid dienone is 2. The molecule has 0 aromatic carbocycles. The number of hydrogen-bond donors (Lipinski definition) is 2. The minimum Gasteiger partial charge on any atom is -0.481 e. The molecule has 1 saturated carbocycles. The molecular formula is C16H18N2O3. The molecule has 0 saturated heterocycles. The first-order chi connectivity index (χ1) is 10.1. The van der Waals surface area contributed by atoms with Crippen LogP contribution in [0.5, 0.6) is 0 Å². The number of aromatic nitrogens is 1. The highest BCUT2D eigenvalue weighted by molar-refractivity contribution is 5.87. The molecule has 2 bridgehead atoms. The number of pyridine rings is 1. The summed E-state index contributed by atoms with van der Waals surface area (Å²) in [5.74, 6) is -2.09. The van der Waals surface area contributed by atoms with Crippen molar-refractivity contribution in [1.82, 2.24) is 10.3 Å². The molecule has 2 aliphatic rings. The van der Waals surface area contributed by atoms with Crippen LogP contribution in [0.4, 0.5) is 0 Å². The van der Waals surface area contributed by atoms with E-state index in [0.29, 0.717) is 0 Å². The monoisotopic (exact) mass is 286 g/mol. The van der Waals surface area contributed by atoms with E-state index in [0.717, 1.165) is 12.1 Å². The van der Waals surface area contributed by atoms with Crippen LogP contribution >= 0.6 is 0 Å². The van der Waals surface area contributed by atoms with Crippen LogP contribution in [0.25, 0.3) is 0 Å². The van der Waals surface area contributed by atoms with E-state index in [1.807, 2.05) is 37.3 Å².